The van der Waals surface area contributed by atoms with E-state index in [4.69, 9.17) is 14.0 Å². The van der Waals surface area contributed by atoms with Gasteiger partial charge in [0, 0.05) is 66.7 Å². The van der Waals surface area contributed by atoms with Crippen LogP contribution >= 0.6 is 0 Å². The number of fused-ring (bicyclic) bond motifs is 2. The summed E-state index contributed by atoms with van der Waals surface area (Å²) in [7, 11) is 5.22. The van der Waals surface area contributed by atoms with Gasteiger partial charge in [-0.3, -0.25) is 9.78 Å². The van der Waals surface area contributed by atoms with Crippen LogP contribution in [0.2, 0.25) is 0 Å². The first-order valence-corrected chi connectivity index (χ1v) is 12.8. The van der Waals surface area contributed by atoms with Gasteiger partial charge in [0.1, 0.15) is 42.4 Å². The lowest BCUT2D eigenvalue weighted by Crippen LogP contribution is -2.18. The van der Waals surface area contributed by atoms with Gasteiger partial charge >= 0.3 is 0 Å². The number of nitrogens with one attached hydrogen (secondary N) is 2. The number of nitrogens with zero attached hydrogens (tertiary/aromatic N) is 3. The van der Waals surface area contributed by atoms with Crippen LogP contribution in [-0.4, -0.2) is 55.6 Å². The molecule has 0 radical (unpaired) electrons. The van der Waals surface area contributed by atoms with Crippen molar-refractivity contribution in [2.75, 3.05) is 26.0 Å². The van der Waals surface area contributed by atoms with Crippen molar-refractivity contribution in [2.24, 2.45) is 0 Å². The molecule has 6 rings (SSSR count). The summed E-state index contributed by atoms with van der Waals surface area (Å²) in [4.78, 5) is 42.9. The van der Waals surface area contributed by atoms with E-state index >= 15 is 4.39 Å². The number of hydrogen-bond acceptors (Lipinski definition) is 7. The molecule has 0 saturated heterocycles. The summed E-state index contributed by atoms with van der Waals surface area (Å²) in [6.07, 6.45) is 3.35. The molecule has 2 N–H and O–H groups in total. The topological polar surface area (TPSA) is 121 Å². The molecule has 9 nitrogen and oxygen atoms in total. The third kappa shape index (κ3) is 5.73. The van der Waals surface area contributed by atoms with Crippen LogP contribution in [0.4, 0.5) is 14.5 Å². The van der Waals surface area contributed by atoms with Gasteiger partial charge in [-0.25, -0.2) is 13.8 Å². The van der Waals surface area contributed by atoms with Gasteiger partial charge in [0.25, 0.3) is 5.91 Å². The van der Waals surface area contributed by atoms with Gasteiger partial charge in [-0.05, 0) is 54.6 Å². The Morgan fingerprint density at radius 3 is 2.28 bits per heavy atom. The average molecular weight is 584 g/mol. The Balaban J connectivity index is 0.00000102. The number of amides is 1. The van der Waals surface area contributed by atoms with Crippen LogP contribution in [0.25, 0.3) is 55.8 Å². The molecule has 3 aromatic carbocycles. The van der Waals surface area contributed by atoms with Crippen LogP contribution in [0, 0.1) is 11.6 Å². The van der Waals surface area contributed by atoms with Crippen LogP contribution in [0.3, 0.4) is 0 Å². The van der Waals surface area contributed by atoms with Crippen molar-refractivity contribution in [1.29, 1.82) is 0 Å². The molecule has 3 aromatic heterocycles. The van der Waals surface area contributed by atoms with Gasteiger partial charge in [-0.15, -0.1) is 0 Å². The molecule has 0 aliphatic rings. The molecule has 43 heavy (non-hydrogen) atoms. The van der Waals surface area contributed by atoms with Crippen molar-refractivity contribution in [3.05, 3.63) is 90.3 Å². The molecular weight excluding hydrogens is 556 g/mol. The first-order chi connectivity index (χ1) is 20.8. The molecule has 0 atom stereocenters. The molecule has 0 aliphatic heterocycles. The number of aromatic amines is 1. The molecular formula is C32H27F2N5O4. The lowest BCUT2D eigenvalue weighted by molar-refractivity contribution is -0.0987. The summed E-state index contributed by atoms with van der Waals surface area (Å²) in [6, 6.07) is 15.9. The monoisotopic (exact) mass is 583 g/mol. The minimum atomic E-state index is -0.428. The number of pyridine rings is 1. The first-order valence-electron chi connectivity index (χ1n) is 12.8. The highest BCUT2D eigenvalue weighted by molar-refractivity contribution is 6.13. The Hall–Kier alpha value is -5.71. The van der Waals surface area contributed by atoms with Gasteiger partial charge in [0.2, 0.25) is 0 Å². The van der Waals surface area contributed by atoms with Crippen molar-refractivity contribution < 1.29 is 27.6 Å². The third-order valence-electron chi connectivity index (χ3n) is 6.66. The normalized spacial score (nSPS) is 10.4. The highest BCUT2D eigenvalue weighted by Crippen LogP contribution is 2.42. The van der Waals surface area contributed by atoms with Crippen molar-refractivity contribution in [1.82, 2.24) is 20.3 Å². The number of aromatic nitrogens is 3. The SMILES string of the molecule is C=O.C=O.CNC(=O)c1c(-c2ccc(F)cc2)oc2cc(N(C)C)c(-c3cc(-c4nc5ccncc5[nH]4)ccc3F)cc12. The van der Waals surface area contributed by atoms with E-state index < -0.39 is 11.6 Å². The smallest absolute Gasteiger partial charge is 0.255 e. The average Bonchev–Trinajstić information content (AvgIpc) is 3.64. The lowest BCUT2D eigenvalue weighted by atomic mass is 9.96. The number of furan rings is 1. The number of halogens is 2. The fraction of sp³-hybridized carbons (Fsp3) is 0.0938. The Morgan fingerprint density at radius 2 is 1.63 bits per heavy atom. The number of carbonyl (C=O) groups excluding carboxylic acids is 3. The highest BCUT2D eigenvalue weighted by Gasteiger charge is 2.25. The Bertz CT molecular complexity index is 1880. The molecule has 0 saturated carbocycles. The highest BCUT2D eigenvalue weighted by atomic mass is 19.1. The molecule has 3 heterocycles. The number of anilines is 1. The van der Waals surface area contributed by atoms with Gasteiger partial charge in [0.05, 0.1) is 22.8 Å². The Kier molecular flexibility index (Phi) is 9.05. The van der Waals surface area contributed by atoms with Gasteiger partial charge < -0.3 is 29.2 Å². The number of rotatable bonds is 5. The molecule has 0 aliphatic carbocycles. The zero-order valence-corrected chi connectivity index (χ0v) is 23.6. The van der Waals surface area contributed by atoms with E-state index in [9.17, 15) is 9.18 Å². The van der Waals surface area contributed by atoms with Crippen LogP contribution < -0.4 is 10.2 Å². The zero-order valence-electron chi connectivity index (χ0n) is 23.6. The summed E-state index contributed by atoms with van der Waals surface area (Å²) in [5, 5.41) is 3.17. The van der Waals surface area contributed by atoms with Crippen molar-refractivity contribution in [3.63, 3.8) is 0 Å². The van der Waals surface area contributed by atoms with Crippen LogP contribution in [0.15, 0.2) is 77.5 Å². The molecule has 1 amide bonds. The second-order valence-corrected chi connectivity index (χ2v) is 9.33. The number of benzene rings is 3. The quantitative estimate of drug-likeness (QED) is 0.254. The van der Waals surface area contributed by atoms with Crippen LogP contribution in [0.1, 0.15) is 10.4 Å². The fourth-order valence-electron chi connectivity index (χ4n) is 4.75. The summed E-state index contributed by atoms with van der Waals surface area (Å²) >= 11 is 0. The van der Waals surface area contributed by atoms with E-state index in [2.05, 4.69) is 20.3 Å². The predicted octanol–water partition coefficient (Wildman–Crippen LogP) is 6.04. The standard InChI is InChI=1S/C30H23F2N5O2.2CH2O/c1-33-30(38)27-21-13-20(25(37(2)3)14-26(21)39-28(27)16-4-7-18(31)8-5-16)19-12-17(6-9-22(19)32)29-35-23-10-11-34-15-24(23)36-29;2*1-2/h4-15H,1-3H3,(H,33,38)(H,35,36);2*1H2. The van der Waals surface area contributed by atoms with Crippen molar-refractivity contribution in [2.45, 2.75) is 0 Å². The summed E-state index contributed by atoms with van der Waals surface area (Å²) in [6.45, 7) is 4.00. The Morgan fingerprint density at radius 1 is 0.930 bits per heavy atom. The van der Waals surface area contributed by atoms with Crippen LogP contribution in [-0.2, 0) is 9.59 Å². The molecule has 11 heteroatoms. The van der Waals surface area contributed by atoms with E-state index in [1.165, 1.54) is 25.2 Å². The van der Waals surface area contributed by atoms with E-state index in [1.807, 2.05) is 32.6 Å². The maximum Gasteiger partial charge on any atom is 0.255 e. The third-order valence-corrected chi connectivity index (χ3v) is 6.66. The van der Waals surface area contributed by atoms with Gasteiger partial charge in [-0.1, -0.05) is 0 Å². The van der Waals surface area contributed by atoms with Crippen molar-refractivity contribution >= 4 is 47.2 Å². The minimum absolute atomic E-state index is 0.284. The maximum absolute atomic E-state index is 15.5. The predicted molar refractivity (Wildman–Crippen MR) is 162 cm³/mol. The summed E-state index contributed by atoms with van der Waals surface area (Å²) < 4.78 is 35.2. The number of hydrogen-bond donors (Lipinski definition) is 2. The maximum atomic E-state index is 15.5. The van der Waals surface area contributed by atoms with Gasteiger partial charge in [-0.2, -0.15) is 0 Å². The fourth-order valence-corrected chi connectivity index (χ4v) is 4.75. The number of carbonyl (C=O) groups is 3. The molecule has 0 fully saturated rings. The number of imidazole rings is 1. The van der Waals surface area contributed by atoms with E-state index in [0.717, 1.165) is 11.0 Å². The minimum Gasteiger partial charge on any atom is -0.455 e. The summed E-state index contributed by atoms with van der Waals surface area (Å²) in [5.74, 6) is -0.315. The largest absolute Gasteiger partial charge is 0.455 e. The van der Waals surface area contributed by atoms with E-state index in [1.54, 1.807) is 54.9 Å². The van der Waals surface area contributed by atoms with E-state index in [-0.39, 0.29) is 11.5 Å². The second-order valence-electron chi connectivity index (χ2n) is 9.33. The molecule has 0 spiro atoms. The second kappa shape index (κ2) is 12.9. The van der Waals surface area contributed by atoms with E-state index in [0.29, 0.717) is 50.5 Å². The molecule has 6 aromatic rings. The molecule has 218 valence electrons. The lowest BCUT2D eigenvalue weighted by Gasteiger charge is -2.19. The summed E-state index contributed by atoms with van der Waals surface area (Å²) in [5.41, 5.74) is 5.10. The Labute approximate surface area is 245 Å². The molecule has 0 bridgehead atoms. The van der Waals surface area contributed by atoms with Crippen LogP contribution in [0.5, 0.6) is 0 Å². The number of H-pyrrole nitrogens is 1. The van der Waals surface area contributed by atoms with Crippen molar-refractivity contribution in [3.8, 4) is 33.8 Å². The first kappa shape index (κ1) is 30.3. The molecule has 0 unspecified atom stereocenters. The zero-order chi connectivity index (χ0) is 31.3. The van der Waals surface area contributed by atoms with Gasteiger partial charge in [0.15, 0.2) is 0 Å².